The lowest BCUT2D eigenvalue weighted by Crippen LogP contribution is -2.44. The molecule has 1 unspecified atom stereocenters. The Bertz CT molecular complexity index is 401. The molecule has 2 nitrogen and oxygen atoms in total. The van der Waals surface area contributed by atoms with Crippen LogP contribution in [0.25, 0.3) is 0 Å². The molecule has 18 heavy (non-hydrogen) atoms. The second kappa shape index (κ2) is 5.76. The minimum atomic E-state index is -0.576. The summed E-state index contributed by atoms with van der Waals surface area (Å²) in [6.07, 6.45) is 0. The van der Waals surface area contributed by atoms with Crippen molar-refractivity contribution in [3.05, 3.63) is 35.4 Å². The molecule has 0 radical (unpaired) electrons. The molecule has 0 saturated heterocycles. The standard InChI is InChI=1S/C14H21F2NO/c1-14(2,3)13(9-18)17(4)8-10-5-6-11(15)7-12(10)16/h5-7,13,18H,8-9H2,1-4H3. The average molecular weight is 257 g/mol. The highest BCUT2D eigenvalue weighted by molar-refractivity contribution is 5.18. The molecule has 0 saturated carbocycles. The van der Waals surface area contributed by atoms with E-state index in [9.17, 15) is 13.9 Å². The summed E-state index contributed by atoms with van der Waals surface area (Å²) >= 11 is 0. The Balaban J connectivity index is 2.83. The van der Waals surface area contributed by atoms with Crippen molar-refractivity contribution >= 4 is 0 Å². The molecule has 0 aliphatic carbocycles. The van der Waals surface area contributed by atoms with E-state index in [1.165, 1.54) is 12.1 Å². The zero-order valence-electron chi connectivity index (χ0n) is 11.4. The number of aliphatic hydroxyl groups excluding tert-OH is 1. The Morgan fingerprint density at radius 3 is 2.33 bits per heavy atom. The first-order valence-corrected chi connectivity index (χ1v) is 6.00. The lowest BCUT2D eigenvalue weighted by molar-refractivity contribution is 0.0607. The van der Waals surface area contributed by atoms with Crippen LogP contribution in [-0.4, -0.2) is 29.7 Å². The van der Waals surface area contributed by atoms with Crippen molar-refractivity contribution in [2.24, 2.45) is 5.41 Å². The number of hydrogen-bond donors (Lipinski definition) is 1. The first-order valence-electron chi connectivity index (χ1n) is 6.00. The van der Waals surface area contributed by atoms with Gasteiger partial charge >= 0.3 is 0 Å². The zero-order chi connectivity index (χ0) is 13.9. The fraction of sp³-hybridized carbons (Fsp3) is 0.571. The maximum Gasteiger partial charge on any atom is 0.130 e. The van der Waals surface area contributed by atoms with E-state index >= 15 is 0 Å². The van der Waals surface area contributed by atoms with Gasteiger partial charge in [-0.2, -0.15) is 0 Å². The fourth-order valence-electron chi connectivity index (χ4n) is 2.10. The van der Waals surface area contributed by atoms with Gasteiger partial charge in [-0.25, -0.2) is 8.78 Å². The second-order valence-electron chi connectivity index (χ2n) is 5.72. The molecule has 1 rings (SSSR count). The molecule has 4 heteroatoms. The SMILES string of the molecule is CN(Cc1ccc(F)cc1F)C(CO)C(C)(C)C. The van der Waals surface area contributed by atoms with Crippen molar-refractivity contribution in [2.45, 2.75) is 33.4 Å². The predicted molar refractivity (Wildman–Crippen MR) is 68.2 cm³/mol. The Kier molecular flexibility index (Phi) is 4.82. The topological polar surface area (TPSA) is 23.5 Å². The van der Waals surface area contributed by atoms with Gasteiger partial charge in [0.1, 0.15) is 11.6 Å². The van der Waals surface area contributed by atoms with Gasteiger partial charge in [-0.3, -0.25) is 4.90 Å². The highest BCUT2D eigenvalue weighted by Gasteiger charge is 2.27. The Labute approximate surface area is 107 Å². The van der Waals surface area contributed by atoms with Crippen LogP contribution in [0.4, 0.5) is 8.78 Å². The van der Waals surface area contributed by atoms with Crippen molar-refractivity contribution in [3.8, 4) is 0 Å². The van der Waals surface area contributed by atoms with Crippen molar-refractivity contribution < 1.29 is 13.9 Å². The number of benzene rings is 1. The van der Waals surface area contributed by atoms with Crippen LogP contribution >= 0.6 is 0 Å². The summed E-state index contributed by atoms with van der Waals surface area (Å²) in [7, 11) is 1.83. The quantitative estimate of drug-likeness (QED) is 0.896. The minimum absolute atomic E-state index is 0.00279. The third-order valence-corrected chi connectivity index (χ3v) is 3.14. The normalized spacial score (nSPS) is 14.0. The monoisotopic (exact) mass is 257 g/mol. The van der Waals surface area contributed by atoms with E-state index in [0.717, 1.165) is 6.07 Å². The van der Waals surface area contributed by atoms with Crippen LogP contribution in [0.5, 0.6) is 0 Å². The molecule has 0 heterocycles. The number of hydrogen-bond acceptors (Lipinski definition) is 2. The maximum absolute atomic E-state index is 13.5. The Hall–Kier alpha value is -1.00. The van der Waals surface area contributed by atoms with Gasteiger partial charge < -0.3 is 5.11 Å². The molecule has 0 spiro atoms. The highest BCUT2D eigenvalue weighted by Crippen LogP contribution is 2.25. The van der Waals surface area contributed by atoms with Crippen LogP contribution < -0.4 is 0 Å². The van der Waals surface area contributed by atoms with Crippen LogP contribution in [-0.2, 0) is 6.54 Å². The van der Waals surface area contributed by atoms with E-state index in [-0.39, 0.29) is 18.1 Å². The molecule has 1 aromatic carbocycles. The first-order chi connectivity index (χ1) is 8.25. The Morgan fingerprint density at radius 2 is 1.89 bits per heavy atom. The van der Waals surface area contributed by atoms with Crippen LogP contribution in [0.15, 0.2) is 18.2 Å². The average Bonchev–Trinajstić information content (AvgIpc) is 2.21. The zero-order valence-corrected chi connectivity index (χ0v) is 11.4. The number of aliphatic hydroxyl groups is 1. The van der Waals surface area contributed by atoms with Crippen LogP contribution in [0, 0.1) is 17.0 Å². The molecule has 1 aromatic rings. The van der Waals surface area contributed by atoms with Crippen molar-refractivity contribution in [3.63, 3.8) is 0 Å². The molecular weight excluding hydrogens is 236 g/mol. The number of halogens is 2. The molecule has 1 atom stereocenters. The van der Waals surface area contributed by atoms with Gasteiger partial charge in [-0.1, -0.05) is 26.8 Å². The van der Waals surface area contributed by atoms with E-state index in [4.69, 9.17) is 0 Å². The summed E-state index contributed by atoms with van der Waals surface area (Å²) in [5, 5.41) is 9.43. The number of rotatable bonds is 4. The summed E-state index contributed by atoms with van der Waals surface area (Å²) in [6, 6.07) is 3.49. The van der Waals surface area contributed by atoms with Crippen LogP contribution in [0.3, 0.4) is 0 Å². The summed E-state index contributed by atoms with van der Waals surface area (Å²) in [4.78, 5) is 1.89. The van der Waals surface area contributed by atoms with Gasteiger partial charge in [0.05, 0.1) is 6.61 Å². The first kappa shape index (κ1) is 15.1. The lowest BCUT2D eigenvalue weighted by atomic mass is 9.86. The summed E-state index contributed by atoms with van der Waals surface area (Å²) in [5.74, 6) is -1.12. The van der Waals surface area contributed by atoms with E-state index < -0.39 is 11.6 Å². The molecular formula is C14H21F2NO. The molecule has 0 aromatic heterocycles. The van der Waals surface area contributed by atoms with Gasteiger partial charge in [0, 0.05) is 24.2 Å². The van der Waals surface area contributed by atoms with Crippen molar-refractivity contribution in [2.75, 3.05) is 13.7 Å². The number of likely N-dealkylation sites (N-methyl/N-ethyl adjacent to an activating group) is 1. The van der Waals surface area contributed by atoms with Crippen LogP contribution in [0.1, 0.15) is 26.3 Å². The Morgan fingerprint density at radius 1 is 1.28 bits per heavy atom. The van der Waals surface area contributed by atoms with Gasteiger partial charge in [0.15, 0.2) is 0 Å². The van der Waals surface area contributed by atoms with Crippen LogP contribution in [0.2, 0.25) is 0 Å². The highest BCUT2D eigenvalue weighted by atomic mass is 19.1. The van der Waals surface area contributed by atoms with E-state index in [2.05, 4.69) is 0 Å². The number of nitrogens with zero attached hydrogens (tertiary/aromatic N) is 1. The third-order valence-electron chi connectivity index (χ3n) is 3.14. The second-order valence-corrected chi connectivity index (χ2v) is 5.72. The van der Waals surface area contributed by atoms with E-state index in [1.54, 1.807) is 0 Å². The third kappa shape index (κ3) is 3.75. The van der Waals surface area contributed by atoms with Gasteiger partial charge in [-0.15, -0.1) is 0 Å². The summed E-state index contributed by atoms with van der Waals surface area (Å²) < 4.78 is 26.4. The molecule has 0 amide bonds. The molecule has 1 N–H and O–H groups in total. The van der Waals surface area contributed by atoms with Gasteiger partial charge in [0.25, 0.3) is 0 Å². The maximum atomic E-state index is 13.5. The summed E-state index contributed by atoms with van der Waals surface area (Å²) in [6.45, 7) is 6.40. The largest absolute Gasteiger partial charge is 0.395 e. The fourth-order valence-corrected chi connectivity index (χ4v) is 2.10. The van der Waals surface area contributed by atoms with E-state index in [0.29, 0.717) is 12.1 Å². The predicted octanol–water partition coefficient (Wildman–Crippen LogP) is 2.80. The lowest BCUT2D eigenvalue weighted by Gasteiger charge is -2.36. The van der Waals surface area contributed by atoms with Gasteiger partial charge in [0.2, 0.25) is 0 Å². The van der Waals surface area contributed by atoms with Crippen molar-refractivity contribution in [1.82, 2.24) is 4.90 Å². The molecule has 0 fully saturated rings. The smallest absolute Gasteiger partial charge is 0.130 e. The molecule has 0 aliphatic rings. The van der Waals surface area contributed by atoms with Gasteiger partial charge in [-0.05, 0) is 18.5 Å². The minimum Gasteiger partial charge on any atom is -0.395 e. The summed E-state index contributed by atoms with van der Waals surface area (Å²) in [5.41, 5.74) is 0.321. The molecule has 0 bridgehead atoms. The molecule has 0 aliphatic heterocycles. The van der Waals surface area contributed by atoms with Crippen molar-refractivity contribution in [1.29, 1.82) is 0 Å². The molecule has 102 valence electrons. The van der Waals surface area contributed by atoms with E-state index in [1.807, 2.05) is 32.7 Å².